The lowest BCUT2D eigenvalue weighted by atomic mass is 10.0. The molecule has 0 aromatic rings. The van der Waals surface area contributed by atoms with Crippen LogP contribution >= 0.6 is 0 Å². The van der Waals surface area contributed by atoms with Gasteiger partial charge in [-0.15, -0.1) is 0 Å². The van der Waals surface area contributed by atoms with Crippen molar-refractivity contribution in [1.82, 2.24) is 0 Å². The van der Waals surface area contributed by atoms with Gasteiger partial charge in [-0.2, -0.15) is 0 Å². The molecule has 0 aliphatic carbocycles. The number of hydrogen-bond acceptors (Lipinski definition) is 1. The second-order valence-electron chi connectivity index (χ2n) is 3.24. The zero-order valence-corrected chi connectivity index (χ0v) is 8.07. The van der Waals surface area contributed by atoms with Crippen LogP contribution in [0.1, 0.15) is 40.5 Å². The highest BCUT2D eigenvalue weighted by Gasteiger charge is 2.02. The first-order chi connectivity index (χ1) is 5.09. The summed E-state index contributed by atoms with van der Waals surface area (Å²) in [4.78, 5) is 0. The molecule has 0 amide bonds. The van der Waals surface area contributed by atoms with E-state index >= 15 is 0 Å². The van der Waals surface area contributed by atoms with Crippen LogP contribution in [0.15, 0.2) is 11.6 Å². The fourth-order valence-electron chi connectivity index (χ4n) is 0.926. The van der Waals surface area contributed by atoms with E-state index in [1.807, 2.05) is 6.92 Å². The number of unbranched alkanes of at least 4 members (excludes halogenated alkanes) is 1. The zero-order chi connectivity index (χ0) is 8.85. The Morgan fingerprint density at radius 2 is 2.00 bits per heavy atom. The van der Waals surface area contributed by atoms with Gasteiger partial charge in [-0.05, 0) is 24.8 Å². The standard InChI is InChI=1S/C10H19N/c1-5-6-7-9(4)10(11)8(2)3/h7-8,11H,5-6H2,1-4H3/b9-7-,11-10?. The fraction of sp³-hybridized carbons (Fsp3) is 0.700. The van der Waals surface area contributed by atoms with Crippen LogP contribution in [-0.4, -0.2) is 5.71 Å². The monoisotopic (exact) mass is 153 g/mol. The molecule has 0 radical (unpaired) electrons. The smallest absolute Gasteiger partial charge is 0.0365 e. The molecule has 1 heteroatoms. The van der Waals surface area contributed by atoms with E-state index in [9.17, 15) is 0 Å². The minimum absolute atomic E-state index is 0.364. The van der Waals surface area contributed by atoms with E-state index in [1.165, 1.54) is 6.42 Å². The molecule has 0 spiro atoms. The second-order valence-corrected chi connectivity index (χ2v) is 3.24. The summed E-state index contributed by atoms with van der Waals surface area (Å²) in [5, 5.41) is 7.66. The lowest BCUT2D eigenvalue weighted by Gasteiger charge is -2.06. The van der Waals surface area contributed by atoms with Crippen molar-refractivity contribution in [2.45, 2.75) is 40.5 Å². The van der Waals surface area contributed by atoms with Crippen molar-refractivity contribution in [3.05, 3.63) is 11.6 Å². The van der Waals surface area contributed by atoms with Gasteiger partial charge in [-0.25, -0.2) is 0 Å². The number of allylic oxidation sites excluding steroid dienone is 2. The molecule has 0 aromatic carbocycles. The van der Waals surface area contributed by atoms with Gasteiger partial charge in [0.15, 0.2) is 0 Å². The first-order valence-corrected chi connectivity index (χ1v) is 4.35. The summed E-state index contributed by atoms with van der Waals surface area (Å²) in [5.41, 5.74) is 1.92. The third-order valence-corrected chi connectivity index (χ3v) is 1.74. The van der Waals surface area contributed by atoms with Gasteiger partial charge in [0.25, 0.3) is 0 Å². The largest absolute Gasteiger partial charge is 0.305 e. The zero-order valence-electron chi connectivity index (χ0n) is 8.07. The summed E-state index contributed by atoms with van der Waals surface area (Å²) in [6, 6.07) is 0. The number of hydrogen-bond donors (Lipinski definition) is 1. The van der Waals surface area contributed by atoms with Gasteiger partial charge in [0.2, 0.25) is 0 Å². The van der Waals surface area contributed by atoms with E-state index in [2.05, 4.69) is 26.8 Å². The van der Waals surface area contributed by atoms with E-state index in [4.69, 9.17) is 5.41 Å². The van der Waals surface area contributed by atoms with Crippen molar-refractivity contribution in [3.63, 3.8) is 0 Å². The van der Waals surface area contributed by atoms with E-state index in [0.29, 0.717) is 5.92 Å². The van der Waals surface area contributed by atoms with Crippen molar-refractivity contribution in [1.29, 1.82) is 5.41 Å². The molecule has 0 saturated heterocycles. The maximum atomic E-state index is 7.66. The highest BCUT2D eigenvalue weighted by Crippen LogP contribution is 2.06. The predicted molar refractivity (Wildman–Crippen MR) is 51.2 cm³/mol. The van der Waals surface area contributed by atoms with Crippen LogP contribution in [0.5, 0.6) is 0 Å². The minimum atomic E-state index is 0.364. The summed E-state index contributed by atoms with van der Waals surface area (Å²) in [7, 11) is 0. The van der Waals surface area contributed by atoms with Crippen LogP contribution in [-0.2, 0) is 0 Å². The average Bonchev–Trinajstić information content (AvgIpc) is 1.98. The number of rotatable bonds is 4. The summed E-state index contributed by atoms with van der Waals surface area (Å²) in [5.74, 6) is 0.364. The molecule has 0 bridgehead atoms. The SMILES string of the molecule is CCC/C=C(/C)C(=N)C(C)C. The summed E-state index contributed by atoms with van der Waals surface area (Å²) < 4.78 is 0. The molecular formula is C10H19N. The van der Waals surface area contributed by atoms with E-state index in [-0.39, 0.29) is 0 Å². The molecule has 0 aliphatic heterocycles. The Bertz CT molecular complexity index is 154. The Balaban J connectivity index is 4.01. The van der Waals surface area contributed by atoms with Crippen molar-refractivity contribution < 1.29 is 0 Å². The van der Waals surface area contributed by atoms with Crippen LogP contribution in [0.4, 0.5) is 0 Å². The molecule has 1 nitrogen and oxygen atoms in total. The van der Waals surface area contributed by atoms with Gasteiger partial charge in [0, 0.05) is 5.71 Å². The van der Waals surface area contributed by atoms with Crippen molar-refractivity contribution in [2.75, 3.05) is 0 Å². The molecule has 0 heterocycles. The first kappa shape index (κ1) is 10.4. The Morgan fingerprint density at radius 1 is 1.45 bits per heavy atom. The highest BCUT2D eigenvalue weighted by atomic mass is 14.4. The molecule has 0 atom stereocenters. The average molecular weight is 153 g/mol. The minimum Gasteiger partial charge on any atom is -0.305 e. The Kier molecular flexibility index (Phi) is 4.84. The van der Waals surface area contributed by atoms with Gasteiger partial charge >= 0.3 is 0 Å². The Hall–Kier alpha value is -0.590. The maximum Gasteiger partial charge on any atom is 0.0365 e. The van der Waals surface area contributed by atoms with Gasteiger partial charge in [0.1, 0.15) is 0 Å². The van der Waals surface area contributed by atoms with Gasteiger partial charge < -0.3 is 5.41 Å². The summed E-state index contributed by atoms with van der Waals surface area (Å²) in [6.07, 6.45) is 4.42. The van der Waals surface area contributed by atoms with Gasteiger partial charge in [-0.1, -0.05) is 33.3 Å². The fourth-order valence-corrected chi connectivity index (χ4v) is 0.926. The molecular weight excluding hydrogens is 134 g/mol. The predicted octanol–water partition coefficient (Wildman–Crippen LogP) is 3.41. The van der Waals surface area contributed by atoms with Gasteiger partial charge in [-0.3, -0.25) is 0 Å². The van der Waals surface area contributed by atoms with Crippen molar-refractivity contribution in [3.8, 4) is 0 Å². The molecule has 1 N–H and O–H groups in total. The maximum absolute atomic E-state index is 7.66. The third kappa shape index (κ3) is 3.97. The van der Waals surface area contributed by atoms with Crippen molar-refractivity contribution >= 4 is 5.71 Å². The normalized spacial score (nSPS) is 12.3. The molecule has 0 aliphatic rings. The molecule has 0 fully saturated rings. The van der Waals surface area contributed by atoms with Crippen molar-refractivity contribution in [2.24, 2.45) is 5.92 Å². The lowest BCUT2D eigenvalue weighted by molar-refractivity contribution is 0.870. The molecule has 0 rings (SSSR count). The van der Waals surface area contributed by atoms with Crippen LogP contribution in [0, 0.1) is 11.3 Å². The topological polar surface area (TPSA) is 23.9 Å². The summed E-state index contributed by atoms with van der Waals surface area (Å²) in [6.45, 7) is 8.30. The van der Waals surface area contributed by atoms with E-state index in [0.717, 1.165) is 17.7 Å². The van der Waals surface area contributed by atoms with E-state index < -0.39 is 0 Å². The molecule has 11 heavy (non-hydrogen) atoms. The highest BCUT2D eigenvalue weighted by molar-refractivity contribution is 5.98. The van der Waals surface area contributed by atoms with Crippen LogP contribution in [0.2, 0.25) is 0 Å². The van der Waals surface area contributed by atoms with Crippen LogP contribution in [0.3, 0.4) is 0 Å². The first-order valence-electron chi connectivity index (χ1n) is 4.35. The quantitative estimate of drug-likeness (QED) is 0.598. The Morgan fingerprint density at radius 3 is 2.36 bits per heavy atom. The Labute approximate surface area is 70.0 Å². The molecule has 0 aromatic heterocycles. The lowest BCUT2D eigenvalue weighted by Crippen LogP contribution is -2.06. The van der Waals surface area contributed by atoms with Crippen LogP contribution in [0.25, 0.3) is 0 Å². The molecule has 0 unspecified atom stereocenters. The third-order valence-electron chi connectivity index (χ3n) is 1.74. The second kappa shape index (κ2) is 5.11. The molecule has 0 saturated carbocycles. The number of nitrogens with one attached hydrogen (secondary N) is 1. The van der Waals surface area contributed by atoms with E-state index in [1.54, 1.807) is 0 Å². The van der Waals surface area contributed by atoms with Crippen LogP contribution < -0.4 is 0 Å². The summed E-state index contributed by atoms with van der Waals surface area (Å²) >= 11 is 0. The molecule has 64 valence electrons. The van der Waals surface area contributed by atoms with Gasteiger partial charge in [0.05, 0.1) is 0 Å².